The molecule has 0 unspecified atom stereocenters. The highest BCUT2D eigenvalue weighted by atomic mass is 16.5. The molecule has 0 aromatic heterocycles. The van der Waals surface area contributed by atoms with Crippen LogP contribution in [0.4, 0.5) is 5.69 Å². The summed E-state index contributed by atoms with van der Waals surface area (Å²) in [5, 5.41) is 0. The van der Waals surface area contributed by atoms with Crippen molar-refractivity contribution in [3.8, 4) is 5.75 Å². The van der Waals surface area contributed by atoms with Crippen LogP contribution in [0.3, 0.4) is 0 Å². The van der Waals surface area contributed by atoms with Gasteiger partial charge in [0.15, 0.2) is 0 Å². The van der Waals surface area contributed by atoms with E-state index in [-0.39, 0.29) is 18.4 Å². The molecule has 3 rings (SSSR count). The van der Waals surface area contributed by atoms with Gasteiger partial charge in [-0.1, -0.05) is 30.3 Å². The zero-order valence-corrected chi connectivity index (χ0v) is 15.7. The maximum absolute atomic E-state index is 12.7. The van der Waals surface area contributed by atoms with Crippen LogP contribution >= 0.6 is 0 Å². The number of carbonyl (C=O) groups excluding carboxylic acids is 2. The summed E-state index contributed by atoms with van der Waals surface area (Å²) in [5.41, 5.74) is 3.01. The van der Waals surface area contributed by atoms with Gasteiger partial charge in [0.25, 0.3) is 0 Å². The van der Waals surface area contributed by atoms with Crippen molar-refractivity contribution in [1.82, 2.24) is 4.90 Å². The Hall–Kier alpha value is -3.08. The number of nitrogens with zero attached hydrogens (tertiary/aromatic N) is 2. The number of hydrogen-bond acceptors (Lipinski definition) is 3. The highest BCUT2D eigenvalue weighted by Crippen LogP contribution is 2.26. The van der Waals surface area contributed by atoms with Crippen LogP contribution in [0.1, 0.15) is 17.5 Å². The average Bonchev–Trinajstić information content (AvgIpc) is 2.71. The number of aryl methyl sites for hydroxylation is 1. The average molecular weight is 364 g/mol. The van der Waals surface area contributed by atoms with Gasteiger partial charge in [-0.15, -0.1) is 0 Å². The van der Waals surface area contributed by atoms with Gasteiger partial charge < -0.3 is 14.5 Å². The van der Waals surface area contributed by atoms with Crippen LogP contribution in [0.15, 0.2) is 54.6 Å². The van der Waals surface area contributed by atoms with Crippen molar-refractivity contribution in [1.29, 1.82) is 0 Å². The minimum Gasteiger partial charge on any atom is -0.497 e. The Balaban J connectivity index is 1.63. The fourth-order valence-electron chi connectivity index (χ4n) is 3.20. The summed E-state index contributed by atoms with van der Waals surface area (Å²) in [6, 6.07) is 15.4. The van der Waals surface area contributed by atoms with Gasteiger partial charge in [0, 0.05) is 25.4 Å². The van der Waals surface area contributed by atoms with E-state index >= 15 is 0 Å². The number of carbonyl (C=O) groups is 2. The topological polar surface area (TPSA) is 49.9 Å². The summed E-state index contributed by atoms with van der Waals surface area (Å²) in [7, 11) is 3.25. The quantitative estimate of drug-likeness (QED) is 0.766. The van der Waals surface area contributed by atoms with Crippen LogP contribution in [0.2, 0.25) is 0 Å². The van der Waals surface area contributed by atoms with E-state index in [4.69, 9.17) is 4.74 Å². The molecule has 0 N–H and O–H groups in total. The fourth-order valence-corrected chi connectivity index (χ4v) is 3.20. The number of rotatable bonds is 5. The second-order valence-corrected chi connectivity index (χ2v) is 6.58. The van der Waals surface area contributed by atoms with Gasteiger partial charge in [-0.2, -0.15) is 0 Å². The van der Waals surface area contributed by atoms with Crippen molar-refractivity contribution >= 4 is 23.6 Å². The maximum atomic E-state index is 12.7. The predicted octanol–water partition coefficient (Wildman–Crippen LogP) is 3.15. The molecule has 1 aliphatic heterocycles. The standard InChI is InChI=1S/C22H24N2O3/c1-23(21(25)13-12-17-7-5-10-19(15-17)27-2)16-22(26)24-14-6-9-18-8-3-4-11-20(18)24/h3-5,7-8,10-13,15H,6,9,14,16H2,1-2H3/b13-12+. The molecule has 5 heteroatoms. The van der Waals surface area contributed by atoms with Crippen molar-refractivity contribution < 1.29 is 14.3 Å². The molecule has 1 aliphatic rings. The number of para-hydroxylation sites is 1. The lowest BCUT2D eigenvalue weighted by Crippen LogP contribution is -2.43. The second-order valence-electron chi connectivity index (χ2n) is 6.58. The van der Waals surface area contributed by atoms with Crippen LogP contribution in [0.5, 0.6) is 5.75 Å². The summed E-state index contributed by atoms with van der Waals surface area (Å²) >= 11 is 0. The Morgan fingerprint density at radius 2 is 2.00 bits per heavy atom. The van der Waals surface area contributed by atoms with Crippen LogP contribution in [0.25, 0.3) is 6.08 Å². The molecule has 140 valence electrons. The molecule has 0 saturated heterocycles. The van der Waals surface area contributed by atoms with Crippen molar-refractivity contribution in [3.63, 3.8) is 0 Å². The van der Waals surface area contributed by atoms with E-state index in [0.717, 1.165) is 29.8 Å². The molecule has 0 fully saturated rings. The number of methoxy groups -OCH3 is 1. The third-order valence-electron chi connectivity index (χ3n) is 4.67. The van der Waals surface area contributed by atoms with Crippen molar-refractivity contribution in [3.05, 3.63) is 65.7 Å². The molecule has 0 radical (unpaired) electrons. The van der Waals surface area contributed by atoms with Gasteiger partial charge in [0.1, 0.15) is 12.3 Å². The number of likely N-dealkylation sites (N-methyl/N-ethyl adjacent to an activating group) is 1. The highest BCUT2D eigenvalue weighted by Gasteiger charge is 2.23. The molecule has 27 heavy (non-hydrogen) atoms. The van der Waals surface area contributed by atoms with Gasteiger partial charge in [-0.05, 0) is 48.2 Å². The summed E-state index contributed by atoms with van der Waals surface area (Å²) in [5.74, 6) is 0.459. The number of fused-ring (bicyclic) bond motifs is 1. The molecule has 0 bridgehead atoms. The van der Waals surface area contributed by atoms with E-state index in [1.165, 1.54) is 16.5 Å². The lowest BCUT2D eigenvalue weighted by molar-refractivity contribution is -0.130. The fraction of sp³-hybridized carbons (Fsp3) is 0.273. The summed E-state index contributed by atoms with van der Waals surface area (Å²) in [6.45, 7) is 0.743. The number of benzene rings is 2. The summed E-state index contributed by atoms with van der Waals surface area (Å²) in [4.78, 5) is 28.3. The van der Waals surface area contributed by atoms with Crippen molar-refractivity contribution in [2.24, 2.45) is 0 Å². The van der Waals surface area contributed by atoms with E-state index in [2.05, 4.69) is 6.07 Å². The van der Waals surface area contributed by atoms with Crippen LogP contribution < -0.4 is 9.64 Å². The number of hydrogen-bond donors (Lipinski definition) is 0. The Bertz CT molecular complexity index is 860. The zero-order chi connectivity index (χ0) is 19.2. The minimum absolute atomic E-state index is 0.0512. The molecular formula is C22H24N2O3. The van der Waals surface area contributed by atoms with Gasteiger partial charge in [0.2, 0.25) is 11.8 Å². The van der Waals surface area contributed by atoms with Crippen LogP contribution in [-0.4, -0.2) is 44.0 Å². The smallest absolute Gasteiger partial charge is 0.246 e. The van der Waals surface area contributed by atoms with Crippen LogP contribution in [0, 0.1) is 0 Å². The van der Waals surface area contributed by atoms with E-state index < -0.39 is 0 Å². The van der Waals surface area contributed by atoms with Gasteiger partial charge in [-0.25, -0.2) is 0 Å². The second kappa shape index (κ2) is 8.54. The number of ether oxygens (including phenoxy) is 1. The van der Waals surface area contributed by atoms with E-state index in [1.54, 1.807) is 25.1 Å². The Labute approximate surface area is 159 Å². The first kappa shape index (κ1) is 18.7. The van der Waals surface area contributed by atoms with Crippen LogP contribution in [-0.2, 0) is 16.0 Å². The molecule has 2 aromatic carbocycles. The molecular weight excluding hydrogens is 340 g/mol. The minimum atomic E-state index is -0.212. The third-order valence-corrected chi connectivity index (χ3v) is 4.67. The largest absolute Gasteiger partial charge is 0.497 e. The lowest BCUT2D eigenvalue weighted by Gasteiger charge is -2.30. The number of amides is 2. The van der Waals surface area contributed by atoms with E-state index in [0.29, 0.717) is 6.54 Å². The predicted molar refractivity (Wildman–Crippen MR) is 107 cm³/mol. The molecule has 5 nitrogen and oxygen atoms in total. The molecule has 0 spiro atoms. The first-order chi connectivity index (χ1) is 13.1. The Morgan fingerprint density at radius 3 is 2.81 bits per heavy atom. The highest BCUT2D eigenvalue weighted by molar-refractivity contribution is 5.99. The van der Waals surface area contributed by atoms with Gasteiger partial charge in [-0.3, -0.25) is 9.59 Å². The molecule has 2 amide bonds. The van der Waals surface area contributed by atoms with Crippen molar-refractivity contribution in [2.75, 3.05) is 32.1 Å². The molecule has 0 saturated carbocycles. The Kier molecular flexibility index (Phi) is 5.91. The molecule has 0 aliphatic carbocycles. The monoisotopic (exact) mass is 364 g/mol. The molecule has 1 heterocycles. The summed E-state index contributed by atoms with van der Waals surface area (Å²) in [6.07, 6.45) is 5.13. The lowest BCUT2D eigenvalue weighted by atomic mass is 10.0. The van der Waals surface area contributed by atoms with Gasteiger partial charge in [0.05, 0.1) is 7.11 Å². The summed E-state index contributed by atoms with van der Waals surface area (Å²) < 4.78 is 5.18. The number of anilines is 1. The maximum Gasteiger partial charge on any atom is 0.246 e. The zero-order valence-electron chi connectivity index (χ0n) is 15.7. The van der Waals surface area contributed by atoms with Gasteiger partial charge >= 0.3 is 0 Å². The SMILES string of the molecule is COc1cccc(/C=C/C(=O)N(C)CC(=O)N2CCCc3ccccc32)c1. The van der Waals surface area contributed by atoms with Crippen molar-refractivity contribution in [2.45, 2.75) is 12.8 Å². The van der Waals surface area contributed by atoms with E-state index in [1.807, 2.05) is 42.5 Å². The first-order valence-corrected chi connectivity index (χ1v) is 9.04. The first-order valence-electron chi connectivity index (χ1n) is 9.04. The van der Waals surface area contributed by atoms with E-state index in [9.17, 15) is 9.59 Å². The third kappa shape index (κ3) is 4.56. The molecule has 0 atom stereocenters. The molecule has 2 aromatic rings. The Morgan fingerprint density at radius 1 is 1.19 bits per heavy atom. The normalized spacial score (nSPS) is 13.3.